The van der Waals surface area contributed by atoms with E-state index >= 15 is 0 Å². The zero-order chi connectivity index (χ0) is 10.2. The van der Waals surface area contributed by atoms with Crippen LogP contribution in [0, 0.1) is 0 Å². The third-order valence-electron chi connectivity index (χ3n) is 2.54. The normalized spacial score (nSPS) is 26.9. The second-order valence-corrected chi connectivity index (χ2v) is 4.77. The summed E-state index contributed by atoms with van der Waals surface area (Å²) in [6.45, 7) is 0. The summed E-state index contributed by atoms with van der Waals surface area (Å²) in [4.78, 5) is 22.8. The Bertz CT molecular complexity index is 386. The van der Waals surface area contributed by atoms with Crippen LogP contribution in [0.25, 0.3) is 0 Å². The summed E-state index contributed by atoms with van der Waals surface area (Å²) in [6, 6.07) is 9.36. The van der Waals surface area contributed by atoms with Gasteiger partial charge in [-0.25, -0.2) is 0 Å². The molecule has 0 N–H and O–H groups in total. The summed E-state index contributed by atoms with van der Waals surface area (Å²) in [6.07, 6.45) is 0.910. The maximum atomic E-state index is 11.6. The third kappa shape index (κ3) is 1.32. The zero-order valence-corrected chi connectivity index (χ0v) is 9.08. The van der Waals surface area contributed by atoms with Crippen molar-refractivity contribution in [3.63, 3.8) is 0 Å². The molecule has 1 aliphatic rings. The molecule has 1 atom stereocenters. The molecule has 1 aliphatic carbocycles. The lowest BCUT2D eigenvalue weighted by atomic mass is 9.97. The summed E-state index contributed by atoms with van der Waals surface area (Å²) >= 11 is 3.39. The van der Waals surface area contributed by atoms with Crippen LogP contribution in [0.2, 0.25) is 0 Å². The molecular weight excluding hydrogens is 244 g/mol. The van der Waals surface area contributed by atoms with E-state index in [9.17, 15) is 9.59 Å². The summed E-state index contributed by atoms with van der Waals surface area (Å²) in [5.41, 5.74) is 0.871. The van der Waals surface area contributed by atoms with Crippen LogP contribution in [0.5, 0.6) is 0 Å². The van der Waals surface area contributed by atoms with Crippen molar-refractivity contribution in [3.05, 3.63) is 35.9 Å². The lowest BCUT2D eigenvalue weighted by molar-refractivity contribution is -0.135. The molecule has 0 aliphatic heterocycles. The number of Topliss-reactive ketones (excluding diaryl/α,β-unsaturated/α-hetero) is 2. The average molecular weight is 253 g/mol. The highest BCUT2D eigenvalue weighted by molar-refractivity contribution is 9.10. The van der Waals surface area contributed by atoms with Crippen LogP contribution in [-0.4, -0.2) is 11.6 Å². The van der Waals surface area contributed by atoms with Crippen molar-refractivity contribution in [2.24, 2.45) is 0 Å². The van der Waals surface area contributed by atoms with E-state index in [4.69, 9.17) is 0 Å². The lowest BCUT2D eigenvalue weighted by Crippen LogP contribution is -2.26. The molecule has 1 saturated carbocycles. The van der Waals surface area contributed by atoms with Gasteiger partial charge >= 0.3 is 0 Å². The Labute approximate surface area is 90.4 Å². The van der Waals surface area contributed by atoms with Crippen LogP contribution in [0.4, 0.5) is 0 Å². The quantitative estimate of drug-likeness (QED) is 0.568. The molecule has 1 unspecified atom stereocenters. The number of carbonyl (C=O) groups excluding carboxylic acids is 2. The molecule has 1 aromatic rings. The van der Waals surface area contributed by atoms with Crippen LogP contribution in [0.3, 0.4) is 0 Å². The minimum absolute atomic E-state index is 0.272. The standard InChI is InChI=1S/C11H9BrO2/c12-11(7-6-9(13)10(11)14)8-4-2-1-3-5-8/h1-5H,6-7H2. The van der Waals surface area contributed by atoms with Gasteiger partial charge in [0.05, 0.1) is 0 Å². The van der Waals surface area contributed by atoms with Gasteiger partial charge in [-0.05, 0) is 12.0 Å². The smallest absolute Gasteiger partial charge is 0.219 e. The van der Waals surface area contributed by atoms with E-state index in [1.165, 1.54) is 0 Å². The Morgan fingerprint density at radius 3 is 2.29 bits per heavy atom. The summed E-state index contributed by atoms with van der Waals surface area (Å²) in [5, 5.41) is 0. The van der Waals surface area contributed by atoms with Crippen molar-refractivity contribution in [2.75, 3.05) is 0 Å². The first-order chi connectivity index (χ1) is 6.64. The molecule has 3 heteroatoms. The number of benzene rings is 1. The van der Waals surface area contributed by atoms with Crippen LogP contribution in [-0.2, 0) is 13.9 Å². The van der Waals surface area contributed by atoms with E-state index in [0.717, 1.165) is 5.56 Å². The fourth-order valence-electron chi connectivity index (χ4n) is 1.71. The van der Waals surface area contributed by atoms with E-state index in [1.54, 1.807) is 0 Å². The van der Waals surface area contributed by atoms with Gasteiger partial charge in [0.25, 0.3) is 0 Å². The number of halogens is 1. The van der Waals surface area contributed by atoms with E-state index in [2.05, 4.69) is 15.9 Å². The number of alkyl halides is 1. The Balaban J connectivity index is 2.44. The van der Waals surface area contributed by atoms with Crippen molar-refractivity contribution in [3.8, 4) is 0 Å². The van der Waals surface area contributed by atoms with E-state index in [0.29, 0.717) is 12.8 Å². The fraction of sp³-hybridized carbons (Fsp3) is 0.273. The number of hydrogen-bond acceptors (Lipinski definition) is 2. The highest BCUT2D eigenvalue weighted by atomic mass is 79.9. The number of rotatable bonds is 1. The minimum Gasteiger partial charge on any atom is -0.291 e. The predicted octanol–water partition coefficient (Wildman–Crippen LogP) is 2.21. The molecule has 0 bridgehead atoms. The number of carbonyl (C=O) groups is 2. The molecule has 0 heterocycles. The van der Waals surface area contributed by atoms with Crippen molar-refractivity contribution in [2.45, 2.75) is 17.2 Å². The topological polar surface area (TPSA) is 34.1 Å². The molecule has 0 saturated heterocycles. The molecule has 14 heavy (non-hydrogen) atoms. The summed E-state index contributed by atoms with van der Waals surface area (Å²) in [5.74, 6) is -0.588. The van der Waals surface area contributed by atoms with Gasteiger partial charge in [-0.15, -0.1) is 0 Å². The Hall–Kier alpha value is -0.960. The van der Waals surface area contributed by atoms with Gasteiger partial charge in [0, 0.05) is 6.42 Å². The molecule has 0 radical (unpaired) electrons. The first-order valence-electron chi connectivity index (χ1n) is 4.47. The highest BCUT2D eigenvalue weighted by Crippen LogP contribution is 2.41. The zero-order valence-electron chi connectivity index (χ0n) is 7.50. The number of hydrogen-bond donors (Lipinski definition) is 0. The molecule has 0 amide bonds. The van der Waals surface area contributed by atoms with Crippen LogP contribution < -0.4 is 0 Å². The molecule has 2 nitrogen and oxygen atoms in total. The maximum Gasteiger partial charge on any atom is 0.219 e. The van der Waals surface area contributed by atoms with E-state index in [-0.39, 0.29) is 11.6 Å². The van der Waals surface area contributed by atoms with E-state index < -0.39 is 4.32 Å². The molecular formula is C11H9BrO2. The van der Waals surface area contributed by atoms with Crippen molar-refractivity contribution < 1.29 is 9.59 Å². The van der Waals surface area contributed by atoms with Gasteiger partial charge in [-0.2, -0.15) is 0 Å². The first-order valence-corrected chi connectivity index (χ1v) is 5.26. The fourth-order valence-corrected chi connectivity index (χ4v) is 2.40. The van der Waals surface area contributed by atoms with Gasteiger partial charge in [0.1, 0.15) is 4.32 Å². The predicted molar refractivity (Wildman–Crippen MR) is 56.3 cm³/mol. The maximum absolute atomic E-state index is 11.6. The van der Waals surface area contributed by atoms with Gasteiger partial charge in [0.2, 0.25) is 5.78 Å². The van der Waals surface area contributed by atoms with Crippen LogP contribution >= 0.6 is 15.9 Å². The highest BCUT2D eigenvalue weighted by Gasteiger charge is 2.46. The Morgan fingerprint density at radius 1 is 1.14 bits per heavy atom. The van der Waals surface area contributed by atoms with Crippen molar-refractivity contribution in [1.82, 2.24) is 0 Å². The summed E-state index contributed by atoms with van der Waals surface area (Å²) in [7, 11) is 0. The molecule has 1 fully saturated rings. The lowest BCUT2D eigenvalue weighted by Gasteiger charge is -2.18. The first kappa shape index (κ1) is 9.59. The molecule has 1 aromatic carbocycles. The van der Waals surface area contributed by atoms with Gasteiger partial charge in [-0.1, -0.05) is 46.3 Å². The SMILES string of the molecule is O=C1CCC(Br)(c2ccccc2)C1=O. The summed E-state index contributed by atoms with van der Waals surface area (Å²) < 4.78 is -0.759. The van der Waals surface area contributed by atoms with Gasteiger partial charge < -0.3 is 0 Å². The monoisotopic (exact) mass is 252 g/mol. The number of ketones is 2. The van der Waals surface area contributed by atoms with Gasteiger partial charge in [-0.3, -0.25) is 9.59 Å². The molecule has 72 valence electrons. The molecule has 0 spiro atoms. The second kappa shape index (κ2) is 3.31. The van der Waals surface area contributed by atoms with Crippen LogP contribution in [0.1, 0.15) is 18.4 Å². The van der Waals surface area contributed by atoms with Crippen molar-refractivity contribution in [1.29, 1.82) is 0 Å². The molecule has 0 aromatic heterocycles. The Morgan fingerprint density at radius 2 is 1.79 bits per heavy atom. The minimum atomic E-state index is -0.759. The third-order valence-corrected chi connectivity index (χ3v) is 3.76. The van der Waals surface area contributed by atoms with Crippen molar-refractivity contribution >= 4 is 27.5 Å². The van der Waals surface area contributed by atoms with Crippen LogP contribution in [0.15, 0.2) is 30.3 Å². The average Bonchev–Trinajstić information content (AvgIpc) is 2.49. The molecule has 2 rings (SSSR count). The Kier molecular flexibility index (Phi) is 2.27. The van der Waals surface area contributed by atoms with Gasteiger partial charge in [0.15, 0.2) is 5.78 Å². The largest absolute Gasteiger partial charge is 0.291 e. The van der Waals surface area contributed by atoms with E-state index in [1.807, 2.05) is 30.3 Å². The second-order valence-electron chi connectivity index (χ2n) is 3.42.